The Labute approximate surface area is 194 Å². The van der Waals surface area contributed by atoms with Crippen LogP contribution in [0.2, 0.25) is 0 Å². The summed E-state index contributed by atoms with van der Waals surface area (Å²) < 4.78 is 0. The standard InChI is InChI=1S/C28H18O6/c29-21-13-12-20-23(28(21)34)27(33)19-11-10-18(25(31)22(19)26(20)32)14-15-6-8-17(9-7-15)24(30)16-4-2-1-3-5-16/h1-13,29,31,34H,14H2. The van der Waals surface area contributed by atoms with E-state index in [-0.39, 0.29) is 40.2 Å². The van der Waals surface area contributed by atoms with Crippen LogP contribution >= 0.6 is 0 Å². The molecule has 0 aromatic heterocycles. The molecule has 5 rings (SSSR count). The summed E-state index contributed by atoms with van der Waals surface area (Å²) in [6.07, 6.45) is 0.272. The average Bonchev–Trinajstić information content (AvgIpc) is 2.86. The summed E-state index contributed by atoms with van der Waals surface area (Å²) in [5.41, 5.74) is 1.84. The predicted molar refractivity (Wildman–Crippen MR) is 124 cm³/mol. The first-order chi connectivity index (χ1) is 16.4. The van der Waals surface area contributed by atoms with E-state index in [2.05, 4.69) is 0 Å². The molecular weight excluding hydrogens is 432 g/mol. The highest BCUT2D eigenvalue weighted by atomic mass is 16.3. The summed E-state index contributed by atoms with van der Waals surface area (Å²) in [6, 6.07) is 21.3. The molecule has 4 aromatic carbocycles. The fraction of sp³-hybridized carbons (Fsp3) is 0.0357. The van der Waals surface area contributed by atoms with Crippen LogP contribution in [0.4, 0.5) is 0 Å². The van der Waals surface area contributed by atoms with E-state index < -0.39 is 23.1 Å². The molecule has 0 saturated carbocycles. The van der Waals surface area contributed by atoms with Crippen molar-refractivity contribution in [2.24, 2.45) is 0 Å². The van der Waals surface area contributed by atoms with Crippen LogP contribution in [0.1, 0.15) is 58.9 Å². The molecule has 0 saturated heterocycles. The lowest BCUT2D eigenvalue weighted by atomic mass is 9.81. The Morgan fingerprint density at radius 3 is 1.82 bits per heavy atom. The van der Waals surface area contributed by atoms with Gasteiger partial charge in [-0.3, -0.25) is 14.4 Å². The molecule has 4 aromatic rings. The van der Waals surface area contributed by atoms with Gasteiger partial charge in [-0.2, -0.15) is 0 Å². The number of phenols is 3. The van der Waals surface area contributed by atoms with E-state index in [1.165, 1.54) is 12.1 Å². The van der Waals surface area contributed by atoms with E-state index in [1.807, 2.05) is 6.07 Å². The Kier molecular flexibility index (Phi) is 4.98. The number of phenolic OH excluding ortho intramolecular Hbond substituents is 3. The van der Waals surface area contributed by atoms with Gasteiger partial charge in [0.25, 0.3) is 0 Å². The quantitative estimate of drug-likeness (QED) is 0.276. The van der Waals surface area contributed by atoms with Crippen molar-refractivity contribution in [3.05, 3.63) is 123 Å². The molecular formula is C28H18O6. The lowest BCUT2D eigenvalue weighted by Gasteiger charge is -2.21. The van der Waals surface area contributed by atoms with Crippen molar-refractivity contribution < 1.29 is 29.7 Å². The summed E-state index contributed by atoms with van der Waals surface area (Å²) in [7, 11) is 0. The number of fused-ring (bicyclic) bond motifs is 2. The number of ketones is 3. The van der Waals surface area contributed by atoms with Gasteiger partial charge in [-0.05, 0) is 29.3 Å². The highest BCUT2D eigenvalue weighted by Crippen LogP contribution is 2.41. The molecule has 0 bridgehead atoms. The fourth-order valence-electron chi connectivity index (χ4n) is 4.21. The largest absolute Gasteiger partial charge is 0.507 e. The third-order valence-electron chi connectivity index (χ3n) is 6.01. The molecule has 166 valence electrons. The second-order valence-corrected chi connectivity index (χ2v) is 8.08. The first kappa shape index (κ1) is 21.2. The molecule has 1 aliphatic rings. The number of aromatic hydroxyl groups is 3. The maximum absolute atomic E-state index is 13.1. The van der Waals surface area contributed by atoms with Gasteiger partial charge in [-0.25, -0.2) is 0 Å². The molecule has 0 spiro atoms. The van der Waals surface area contributed by atoms with E-state index in [4.69, 9.17) is 0 Å². The van der Waals surface area contributed by atoms with Crippen molar-refractivity contribution in [3.8, 4) is 17.2 Å². The van der Waals surface area contributed by atoms with Gasteiger partial charge >= 0.3 is 0 Å². The molecule has 34 heavy (non-hydrogen) atoms. The van der Waals surface area contributed by atoms with E-state index in [0.717, 1.165) is 11.6 Å². The van der Waals surface area contributed by atoms with Crippen molar-refractivity contribution >= 4 is 17.3 Å². The summed E-state index contributed by atoms with van der Waals surface area (Å²) in [6.45, 7) is 0. The number of hydrogen-bond donors (Lipinski definition) is 3. The molecule has 1 aliphatic carbocycles. The summed E-state index contributed by atoms with van der Waals surface area (Å²) in [4.78, 5) is 38.6. The van der Waals surface area contributed by atoms with Crippen molar-refractivity contribution in [3.63, 3.8) is 0 Å². The Hall–Kier alpha value is -4.71. The van der Waals surface area contributed by atoms with Gasteiger partial charge in [0.05, 0.1) is 11.1 Å². The second-order valence-electron chi connectivity index (χ2n) is 8.08. The minimum absolute atomic E-state index is 0.0385. The molecule has 6 heteroatoms. The van der Waals surface area contributed by atoms with Crippen LogP contribution in [0.3, 0.4) is 0 Å². The van der Waals surface area contributed by atoms with Crippen molar-refractivity contribution in [2.75, 3.05) is 0 Å². The van der Waals surface area contributed by atoms with Gasteiger partial charge in [-0.15, -0.1) is 0 Å². The summed E-state index contributed by atoms with van der Waals surface area (Å²) in [5.74, 6) is -2.82. The molecule has 0 aliphatic heterocycles. The topological polar surface area (TPSA) is 112 Å². The van der Waals surface area contributed by atoms with Crippen LogP contribution in [-0.2, 0) is 6.42 Å². The Bertz CT molecular complexity index is 1480. The summed E-state index contributed by atoms with van der Waals surface area (Å²) >= 11 is 0. The monoisotopic (exact) mass is 450 g/mol. The first-order valence-corrected chi connectivity index (χ1v) is 10.5. The molecule has 0 atom stereocenters. The molecule has 0 amide bonds. The summed E-state index contributed by atoms with van der Waals surface area (Å²) in [5, 5.41) is 30.7. The zero-order valence-electron chi connectivity index (χ0n) is 17.8. The van der Waals surface area contributed by atoms with Gasteiger partial charge in [0.15, 0.2) is 28.8 Å². The highest BCUT2D eigenvalue weighted by molar-refractivity contribution is 6.30. The normalized spacial score (nSPS) is 12.2. The number of benzene rings is 4. The van der Waals surface area contributed by atoms with Crippen molar-refractivity contribution in [1.82, 2.24) is 0 Å². The van der Waals surface area contributed by atoms with E-state index in [1.54, 1.807) is 54.6 Å². The van der Waals surface area contributed by atoms with Gasteiger partial charge < -0.3 is 15.3 Å². The van der Waals surface area contributed by atoms with E-state index >= 15 is 0 Å². The van der Waals surface area contributed by atoms with Crippen LogP contribution in [-0.4, -0.2) is 32.7 Å². The molecule has 0 fully saturated rings. The molecule has 0 heterocycles. The van der Waals surface area contributed by atoms with Crippen LogP contribution in [0.25, 0.3) is 0 Å². The van der Waals surface area contributed by atoms with Crippen molar-refractivity contribution in [2.45, 2.75) is 6.42 Å². The molecule has 0 radical (unpaired) electrons. The van der Waals surface area contributed by atoms with E-state index in [9.17, 15) is 29.7 Å². The Morgan fingerprint density at radius 2 is 1.18 bits per heavy atom. The number of carbonyl (C=O) groups is 3. The highest BCUT2D eigenvalue weighted by Gasteiger charge is 2.35. The van der Waals surface area contributed by atoms with Gasteiger partial charge in [0.2, 0.25) is 0 Å². The minimum atomic E-state index is -0.657. The van der Waals surface area contributed by atoms with Gasteiger partial charge in [0.1, 0.15) is 5.75 Å². The maximum atomic E-state index is 13.1. The van der Waals surface area contributed by atoms with Crippen LogP contribution in [0.5, 0.6) is 17.2 Å². The van der Waals surface area contributed by atoms with Gasteiger partial charge in [-0.1, -0.05) is 60.7 Å². The van der Waals surface area contributed by atoms with Crippen LogP contribution in [0, 0.1) is 0 Å². The number of rotatable bonds is 4. The smallest absolute Gasteiger partial charge is 0.198 e. The number of hydrogen-bond acceptors (Lipinski definition) is 6. The third kappa shape index (κ3) is 3.33. The zero-order chi connectivity index (χ0) is 24.0. The van der Waals surface area contributed by atoms with Crippen LogP contribution < -0.4 is 0 Å². The second kappa shape index (κ2) is 8.01. The SMILES string of the molecule is O=C(c1ccccc1)c1ccc(Cc2ccc3c(c2O)C(=O)c2ccc(O)c(O)c2C3=O)cc1. The minimum Gasteiger partial charge on any atom is -0.507 e. The van der Waals surface area contributed by atoms with E-state index in [0.29, 0.717) is 16.7 Å². The Morgan fingerprint density at radius 1 is 0.618 bits per heavy atom. The van der Waals surface area contributed by atoms with Crippen molar-refractivity contribution in [1.29, 1.82) is 0 Å². The third-order valence-corrected chi connectivity index (χ3v) is 6.01. The fourth-order valence-corrected chi connectivity index (χ4v) is 4.21. The van der Waals surface area contributed by atoms with Crippen LogP contribution in [0.15, 0.2) is 78.9 Å². The number of carbonyl (C=O) groups excluding carboxylic acids is 3. The van der Waals surface area contributed by atoms with Gasteiger partial charge in [0, 0.05) is 28.7 Å². The Balaban J connectivity index is 1.46. The molecule has 6 nitrogen and oxygen atoms in total. The lowest BCUT2D eigenvalue weighted by molar-refractivity contribution is 0.0973. The molecule has 0 unspecified atom stereocenters. The predicted octanol–water partition coefficient (Wildman–Crippen LogP) is 4.40. The first-order valence-electron chi connectivity index (χ1n) is 10.5. The zero-order valence-corrected chi connectivity index (χ0v) is 17.8. The lowest BCUT2D eigenvalue weighted by Crippen LogP contribution is -2.21. The average molecular weight is 450 g/mol. The maximum Gasteiger partial charge on any atom is 0.198 e. The molecule has 3 N–H and O–H groups in total.